The first-order valence-electron chi connectivity index (χ1n) is 7.76. The van der Waals surface area contributed by atoms with E-state index in [9.17, 15) is 13.2 Å². The summed E-state index contributed by atoms with van der Waals surface area (Å²) in [5.74, 6) is -0.284. The molecule has 0 bridgehead atoms. The van der Waals surface area contributed by atoms with E-state index in [1.165, 1.54) is 14.1 Å². The highest BCUT2D eigenvalue weighted by Gasteiger charge is 2.21. The van der Waals surface area contributed by atoms with E-state index in [0.29, 0.717) is 11.3 Å². The predicted molar refractivity (Wildman–Crippen MR) is 96.8 cm³/mol. The van der Waals surface area contributed by atoms with Gasteiger partial charge in [0, 0.05) is 31.5 Å². The summed E-state index contributed by atoms with van der Waals surface area (Å²) in [6, 6.07) is 16.0. The molecule has 3 aromatic rings. The number of nitrogens with one attached hydrogen (secondary N) is 2. The van der Waals surface area contributed by atoms with Crippen LogP contribution in [0.3, 0.4) is 0 Å². The average Bonchev–Trinajstić information content (AvgIpc) is 3.04. The Hall–Kier alpha value is -2.64. The number of rotatable bonds is 5. The fraction of sp³-hybridized carbons (Fsp3) is 0.167. The highest BCUT2D eigenvalue weighted by Crippen LogP contribution is 2.19. The van der Waals surface area contributed by atoms with Crippen LogP contribution in [0.25, 0.3) is 10.9 Å². The van der Waals surface area contributed by atoms with Crippen molar-refractivity contribution >= 4 is 26.8 Å². The monoisotopic (exact) mass is 357 g/mol. The summed E-state index contributed by atoms with van der Waals surface area (Å²) in [4.78, 5) is 15.6. The van der Waals surface area contributed by atoms with Gasteiger partial charge in [-0.05, 0) is 23.8 Å². The second-order valence-electron chi connectivity index (χ2n) is 5.85. The molecule has 3 rings (SSSR count). The van der Waals surface area contributed by atoms with Gasteiger partial charge in [0.15, 0.2) is 0 Å². The molecule has 1 aromatic heterocycles. The van der Waals surface area contributed by atoms with E-state index in [4.69, 9.17) is 0 Å². The maximum Gasteiger partial charge on any atom is 0.267 e. The van der Waals surface area contributed by atoms with E-state index >= 15 is 0 Å². The minimum Gasteiger partial charge on any atom is -0.351 e. The van der Waals surface area contributed by atoms with Crippen LogP contribution < -0.4 is 5.32 Å². The molecule has 7 heteroatoms. The van der Waals surface area contributed by atoms with Gasteiger partial charge in [0.1, 0.15) is 5.69 Å². The van der Waals surface area contributed by atoms with Crippen molar-refractivity contribution in [3.63, 3.8) is 0 Å². The molecule has 0 spiro atoms. The number of aromatic amines is 1. The van der Waals surface area contributed by atoms with Crippen molar-refractivity contribution in [2.45, 2.75) is 11.4 Å². The van der Waals surface area contributed by atoms with Crippen LogP contribution >= 0.6 is 0 Å². The van der Waals surface area contributed by atoms with Gasteiger partial charge in [-0.15, -0.1) is 0 Å². The zero-order chi connectivity index (χ0) is 18.0. The molecular weight excluding hydrogens is 338 g/mol. The number of benzene rings is 2. The van der Waals surface area contributed by atoms with Crippen LogP contribution in [0.2, 0.25) is 0 Å². The number of sulfonamides is 1. The molecule has 0 saturated carbocycles. The van der Waals surface area contributed by atoms with Crippen molar-refractivity contribution in [1.29, 1.82) is 0 Å². The number of para-hydroxylation sites is 1. The van der Waals surface area contributed by atoms with Gasteiger partial charge in [-0.2, -0.15) is 0 Å². The van der Waals surface area contributed by atoms with E-state index in [2.05, 4.69) is 10.3 Å². The van der Waals surface area contributed by atoms with Crippen molar-refractivity contribution in [2.24, 2.45) is 0 Å². The zero-order valence-electron chi connectivity index (χ0n) is 14.0. The lowest BCUT2D eigenvalue weighted by atomic mass is 10.2. The first-order chi connectivity index (χ1) is 11.9. The molecule has 25 heavy (non-hydrogen) atoms. The SMILES string of the molecule is CN(C)S(=O)(=O)c1ccccc1CNC(=O)c1cc2ccccc2[nH]1. The molecular formula is C18H19N3O3S. The Morgan fingerprint density at radius 3 is 2.48 bits per heavy atom. The van der Waals surface area contributed by atoms with Crippen LogP contribution in [-0.4, -0.2) is 37.7 Å². The third kappa shape index (κ3) is 3.42. The maximum atomic E-state index is 12.4. The van der Waals surface area contributed by atoms with E-state index < -0.39 is 10.0 Å². The van der Waals surface area contributed by atoms with Crippen molar-refractivity contribution in [1.82, 2.24) is 14.6 Å². The number of hydrogen-bond donors (Lipinski definition) is 2. The fourth-order valence-electron chi connectivity index (χ4n) is 2.56. The highest BCUT2D eigenvalue weighted by atomic mass is 32.2. The molecule has 0 atom stereocenters. The maximum absolute atomic E-state index is 12.4. The highest BCUT2D eigenvalue weighted by molar-refractivity contribution is 7.89. The molecule has 0 aliphatic rings. The van der Waals surface area contributed by atoms with Crippen molar-refractivity contribution in [2.75, 3.05) is 14.1 Å². The van der Waals surface area contributed by atoms with Crippen LogP contribution in [0.15, 0.2) is 59.5 Å². The van der Waals surface area contributed by atoms with Crippen molar-refractivity contribution in [3.05, 3.63) is 65.9 Å². The molecule has 1 amide bonds. The Morgan fingerprint density at radius 1 is 1.08 bits per heavy atom. The van der Waals surface area contributed by atoms with Gasteiger partial charge in [0.25, 0.3) is 5.91 Å². The third-order valence-corrected chi connectivity index (χ3v) is 5.86. The lowest BCUT2D eigenvalue weighted by molar-refractivity contribution is 0.0946. The van der Waals surface area contributed by atoms with Gasteiger partial charge >= 0.3 is 0 Å². The Morgan fingerprint density at radius 2 is 1.76 bits per heavy atom. The van der Waals surface area contributed by atoms with Gasteiger partial charge in [-0.3, -0.25) is 4.79 Å². The zero-order valence-corrected chi connectivity index (χ0v) is 14.8. The number of amides is 1. The standard InChI is InChI=1S/C18H19N3O3S/c1-21(2)25(23,24)17-10-6-4-8-14(17)12-19-18(22)16-11-13-7-3-5-9-15(13)20-16/h3-11,20H,12H2,1-2H3,(H,19,22). The van der Waals surface area contributed by atoms with Crippen LogP contribution in [0.4, 0.5) is 0 Å². The fourth-order valence-corrected chi connectivity index (χ4v) is 3.68. The first-order valence-corrected chi connectivity index (χ1v) is 9.20. The molecule has 2 N–H and O–H groups in total. The first kappa shape index (κ1) is 17.2. The summed E-state index contributed by atoms with van der Waals surface area (Å²) in [6.07, 6.45) is 0. The summed E-state index contributed by atoms with van der Waals surface area (Å²) in [7, 11) is -0.604. The predicted octanol–water partition coefficient (Wildman–Crippen LogP) is 2.35. The Bertz CT molecular complexity index is 990. The lowest BCUT2D eigenvalue weighted by Gasteiger charge is -2.15. The second kappa shape index (κ2) is 6.70. The molecule has 0 saturated heterocycles. The third-order valence-electron chi connectivity index (χ3n) is 3.95. The summed E-state index contributed by atoms with van der Waals surface area (Å²) < 4.78 is 25.9. The lowest BCUT2D eigenvalue weighted by Crippen LogP contribution is -2.27. The largest absolute Gasteiger partial charge is 0.351 e. The number of H-pyrrole nitrogens is 1. The van der Waals surface area contributed by atoms with Crippen molar-refractivity contribution < 1.29 is 13.2 Å². The number of nitrogens with zero attached hydrogens (tertiary/aromatic N) is 1. The smallest absolute Gasteiger partial charge is 0.267 e. The average molecular weight is 357 g/mol. The van der Waals surface area contributed by atoms with Crippen molar-refractivity contribution in [3.8, 4) is 0 Å². The number of hydrogen-bond acceptors (Lipinski definition) is 3. The normalized spacial score (nSPS) is 11.8. The topological polar surface area (TPSA) is 82.3 Å². The Kier molecular flexibility index (Phi) is 4.61. The molecule has 0 aliphatic carbocycles. The second-order valence-corrected chi connectivity index (χ2v) is 7.97. The number of carbonyl (C=O) groups is 1. The molecule has 0 radical (unpaired) electrons. The number of aromatic nitrogens is 1. The molecule has 130 valence electrons. The summed E-state index contributed by atoms with van der Waals surface area (Å²) in [5, 5.41) is 3.72. The van der Waals surface area contributed by atoms with Crippen LogP contribution in [0.5, 0.6) is 0 Å². The Labute approximate surface area is 146 Å². The number of fused-ring (bicyclic) bond motifs is 1. The Balaban J connectivity index is 1.81. The molecule has 6 nitrogen and oxygen atoms in total. The van der Waals surface area contributed by atoms with E-state index in [0.717, 1.165) is 15.2 Å². The summed E-state index contributed by atoms with van der Waals surface area (Å²) in [5.41, 5.74) is 1.86. The van der Waals surface area contributed by atoms with Gasteiger partial charge in [0.2, 0.25) is 10.0 Å². The van der Waals surface area contributed by atoms with Gasteiger partial charge < -0.3 is 10.3 Å². The van der Waals surface area contributed by atoms with Gasteiger partial charge in [0.05, 0.1) is 4.90 Å². The minimum atomic E-state index is -3.57. The molecule has 1 heterocycles. The van der Waals surface area contributed by atoms with Gasteiger partial charge in [-0.1, -0.05) is 36.4 Å². The summed E-state index contributed by atoms with van der Waals surface area (Å²) in [6.45, 7) is 0.122. The van der Waals surface area contributed by atoms with E-state index in [-0.39, 0.29) is 17.3 Å². The van der Waals surface area contributed by atoms with Crippen LogP contribution in [-0.2, 0) is 16.6 Å². The van der Waals surface area contributed by atoms with Crippen LogP contribution in [0, 0.1) is 0 Å². The molecule has 0 unspecified atom stereocenters. The quantitative estimate of drug-likeness (QED) is 0.735. The molecule has 0 aliphatic heterocycles. The minimum absolute atomic E-state index is 0.122. The van der Waals surface area contributed by atoms with Gasteiger partial charge in [-0.25, -0.2) is 12.7 Å². The van der Waals surface area contributed by atoms with E-state index in [1.807, 2.05) is 24.3 Å². The molecule has 2 aromatic carbocycles. The number of carbonyl (C=O) groups excluding carboxylic acids is 1. The summed E-state index contributed by atoms with van der Waals surface area (Å²) >= 11 is 0. The molecule has 0 fully saturated rings. The van der Waals surface area contributed by atoms with Crippen LogP contribution in [0.1, 0.15) is 16.1 Å². The van der Waals surface area contributed by atoms with E-state index in [1.54, 1.807) is 30.3 Å².